The molecule has 4 N–H and O–H groups in total. The molecule has 0 aromatic carbocycles. The van der Waals surface area contributed by atoms with Crippen molar-refractivity contribution in [2.75, 3.05) is 0 Å². The van der Waals surface area contributed by atoms with Gasteiger partial charge in [0.2, 0.25) is 0 Å². The van der Waals surface area contributed by atoms with E-state index < -0.39 is 24.4 Å². The van der Waals surface area contributed by atoms with Gasteiger partial charge in [-0.1, -0.05) is 0 Å². The fraction of sp³-hybridized carbons (Fsp3) is 0.500. The number of carboxylic acid groups (broad SMARTS) is 2. The molecule has 0 aliphatic carbocycles. The molecular weight excluding hydrogens is 216 g/mol. The summed E-state index contributed by atoms with van der Waals surface area (Å²) in [5, 5.41) is 16.0. The molecule has 0 unspecified atom stereocenters. The Kier molecular flexibility index (Phi) is 13.3. The van der Waals surface area contributed by atoms with Crippen LogP contribution in [0.3, 0.4) is 0 Å². The predicted molar refractivity (Wildman–Crippen MR) is 33.6 cm³/mol. The van der Waals surface area contributed by atoms with Crippen LogP contribution in [0.15, 0.2) is 0 Å². The molecule has 0 fully saturated rings. The van der Waals surface area contributed by atoms with E-state index in [-0.39, 0.29) is 42.5 Å². The van der Waals surface area contributed by atoms with Gasteiger partial charge in [-0.3, -0.25) is 9.59 Å². The third-order valence-corrected chi connectivity index (χ3v) is 0.712. The van der Waals surface area contributed by atoms with Crippen LogP contribution in [0, 0.1) is 0 Å². The first-order chi connectivity index (χ1) is 4.04. The topological polar surface area (TPSA) is 101 Å². The summed E-state index contributed by atoms with van der Waals surface area (Å²) in [6.07, 6.45) is -0.532. The Balaban J connectivity index is -0.000000320. The first kappa shape index (κ1) is 17.4. The van der Waals surface area contributed by atoms with Crippen LogP contribution in [0.2, 0.25) is 0 Å². The molecule has 0 aliphatic rings. The van der Waals surface area contributed by atoms with Gasteiger partial charge in [-0.25, -0.2) is 0 Å². The van der Waals surface area contributed by atoms with Gasteiger partial charge in [0.25, 0.3) is 0 Å². The van der Waals surface area contributed by atoms with Gasteiger partial charge < -0.3 is 15.9 Å². The number of rotatable bonds is 3. The molecule has 0 bridgehead atoms. The van der Waals surface area contributed by atoms with Crippen molar-refractivity contribution in [2.45, 2.75) is 12.5 Å². The van der Waals surface area contributed by atoms with E-state index >= 15 is 0 Å². The van der Waals surface area contributed by atoms with Gasteiger partial charge in [0.05, 0.1) is 6.42 Å². The van der Waals surface area contributed by atoms with Crippen molar-refractivity contribution in [3.05, 3.63) is 0 Å². The first-order valence-electron chi connectivity index (χ1n) is 2.24. The predicted octanol–water partition coefficient (Wildman–Crippen LogP) is -1.51. The van der Waals surface area contributed by atoms with Crippen LogP contribution in [0.4, 0.5) is 0 Å². The molecule has 0 saturated carbocycles. The Labute approximate surface area is 92.2 Å². The SMILES string of the molecule is N[C@@H](CC(=O)O)C(=O)O.[Mg].[Zn]. The molecule has 7 heteroatoms. The van der Waals surface area contributed by atoms with E-state index in [9.17, 15) is 9.59 Å². The summed E-state index contributed by atoms with van der Waals surface area (Å²) < 4.78 is 0. The Morgan fingerprint density at radius 2 is 1.73 bits per heavy atom. The molecule has 0 rings (SSSR count). The van der Waals surface area contributed by atoms with Gasteiger partial charge in [-0.2, -0.15) is 0 Å². The summed E-state index contributed by atoms with van der Waals surface area (Å²) in [6, 6.07) is -1.29. The molecule has 56 valence electrons. The quantitative estimate of drug-likeness (QED) is 0.504. The zero-order chi connectivity index (χ0) is 7.44. The average molecular weight is 223 g/mol. The van der Waals surface area contributed by atoms with E-state index in [1.54, 1.807) is 0 Å². The minimum absolute atomic E-state index is 0. The van der Waals surface area contributed by atoms with Crippen molar-refractivity contribution < 1.29 is 39.3 Å². The summed E-state index contributed by atoms with van der Waals surface area (Å²) in [4.78, 5) is 19.6. The molecule has 0 aromatic rings. The molecule has 2 radical (unpaired) electrons. The van der Waals surface area contributed by atoms with Crippen molar-refractivity contribution in [1.82, 2.24) is 0 Å². The van der Waals surface area contributed by atoms with Crippen LogP contribution >= 0.6 is 0 Å². The van der Waals surface area contributed by atoms with E-state index in [4.69, 9.17) is 15.9 Å². The summed E-state index contributed by atoms with van der Waals surface area (Å²) in [7, 11) is 0. The molecule has 0 saturated heterocycles. The zero-order valence-electron chi connectivity index (χ0n) is 5.99. The maximum atomic E-state index is 9.85. The fourth-order valence-corrected chi connectivity index (χ4v) is 0.275. The fourth-order valence-electron chi connectivity index (χ4n) is 0.275. The van der Waals surface area contributed by atoms with Crippen molar-refractivity contribution in [1.29, 1.82) is 0 Å². The molecule has 0 amide bonds. The second-order valence-corrected chi connectivity index (χ2v) is 1.54. The second kappa shape index (κ2) is 8.39. The van der Waals surface area contributed by atoms with E-state index in [0.29, 0.717) is 0 Å². The average Bonchev–Trinajstić information content (AvgIpc) is 1.63. The zero-order valence-corrected chi connectivity index (χ0v) is 10.4. The maximum absolute atomic E-state index is 9.85. The van der Waals surface area contributed by atoms with E-state index in [1.807, 2.05) is 0 Å². The van der Waals surface area contributed by atoms with Crippen LogP contribution in [0.1, 0.15) is 6.42 Å². The first-order valence-corrected chi connectivity index (χ1v) is 2.24. The van der Waals surface area contributed by atoms with Gasteiger partial charge >= 0.3 is 11.9 Å². The van der Waals surface area contributed by atoms with Crippen LogP contribution in [0.25, 0.3) is 0 Å². The molecular formula is C4H7MgNO4Zn. The Morgan fingerprint density at radius 1 is 1.36 bits per heavy atom. The standard InChI is InChI=1S/C4H7NO4.Mg.Zn/c5-2(4(8)9)1-3(6)7;;/h2H,1,5H2,(H,6,7)(H,8,9);;/t2-;;/m0../s1. The molecule has 0 spiro atoms. The number of aliphatic carboxylic acids is 2. The minimum atomic E-state index is -1.29. The molecule has 0 aliphatic heterocycles. The van der Waals surface area contributed by atoms with Crippen molar-refractivity contribution >= 4 is 35.0 Å². The Hall–Kier alpha value is 0.290. The maximum Gasteiger partial charge on any atom is 0.321 e. The number of nitrogens with two attached hydrogens (primary N) is 1. The third kappa shape index (κ3) is 10.3. The molecule has 1 atom stereocenters. The monoisotopic (exact) mass is 221 g/mol. The molecule has 5 nitrogen and oxygen atoms in total. The summed E-state index contributed by atoms with van der Waals surface area (Å²) in [6.45, 7) is 0. The van der Waals surface area contributed by atoms with Crippen molar-refractivity contribution in [3.8, 4) is 0 Å². The Morgan fingerprint density at radius 3 is 1.82 bits per heavy atom. The van der Waals surface area contributed by atoms with Gasteiger partial charge in [-0.05, 0) is 0 Å². The van der Waals surface area contributed by atoms with Crippen LogP contribution in [0.5, 0.6) is 0 Å². The number of carbonyl (C=O) groups is 2. The van der Waals surface area contributed by atoms with Crippen LogP contribution in [-0.4, -0.2) is 51.2 Å². The third-order valence-electron chi connectivity index (χ3n) is 0.712. The summed E-state index contributed by atoms with van der Waals surface area (Å²) >= 11 is 0. The molecule has 0 aromatic heterocycles. The smallest absolute Gasteiger partial charge is 0.321 e. The van der Waals surface area contributed by atoms with Crippen LogP contribution < -0.4 is 5.73 Å². The van der Waals surface area contributed by atoms with Gasteiger partial charge in [0.15, 0.2) is 0 Å². The number of carboxylic acids is 2. The number of hydrogen-bond acceptors (Lipinski definition) is 3. The van der Waals surface area contributed by atoms with Crippen LogP contribution in [-0.2, 0) is 29.1 Å². The van der Waals surface area contributed by atoms with E-state index in [2.05, 4.69) is 0 Å². The normalized spacial score (nSPS) is 10.3. The molecule has 11 heavy (non-hydrogen) atoms. The Bertz CT molecular complexity index is 142. The van der Waals surface area contributed by atoms with Crippen molar-refractivity contribution in [2.24, 2.45) is 5.73 Å². The summed E-state index contributed by atoms with van der Waals surface area (Å²) in [5.74, 6) is -2.50. The van der Waals surface area contributed by atoms with Crippen molar-refractivity contribution in [3.63, 3.8) is 0 Å². The van der Waals surface area contributed by atoms with E-state index in [0.717, 1.165) is 0 Å². The van der Waals surface area contributed by atoms with E-state index in [1.165, 1.54) is 0 Å². The van der Waals surface area contributed by atoms with Gasteiger partial charge in [-0.15, -0.1) is 0 Å². The van der Waals surface area contributed by atoms with Gasteiger partial charge in [0, 0.05) is 42.5 Å². The minimum Gasteiger partial charge on any atom is -0.481 e. The molecule has 0 heterocycles. The number of hydrogen-bond donors (Lipinski definition) is 3. The summed E-state index contributed by atoms with van der Waals surface area (Å²) in [5.41, 5.74) is 4.84. The largest absolute Gasteiger partial charge is 0.481 e. The second-order valence-electron chi connectivity index (χ2n) is 1.54. The van der Waals surface area contributed by atoms with Gasteiger partial charge in [0.1, 0.15) is 6.04 Å².